The summed E-state index contributed by atoms with van der Waals surface area (Å²) in [6, 6.07) is 0. The van der Waals surface area contributed by atoms with Crippen molar-refractivity contribution in [3.8, 4) is 0 Å². The Kier molecular flexibility index (Phi) is 32.8. The van der Waals surface area contributed by atoms with Crippen molar-refractivity contribution in [3.63, 3.8) is 0 Å². The second kappa shape index (κ2) is 36.7. The van der Waals surface area contributed by atoms with Crippen LogP contribution in [0.15, 0.2) is 97.2 Å². The van der Waals surface area contributed by atoms with Gasteiger partial charge in [0.25, 0.3) is 0 Å². The topological polar surface area (TPSA) is 222 Å². The van der Waals surface area contributed by atoms with E-state index in [1.807, 2.05) is 12.2 Å². The lowest BCUT2D eigenvalue weighted by molar-refractivity contribution is -0.220. The Balaban J connectivity index is 1.74. The predicted molar refractivity (Wildman–Crippen MR) is 257 cm³/mol. The normalized spacial score (nSPS) is 25.2. The molecule has 2 fully saturated rings. The van der Waals surface area contributed by atoms with E-state index in [1.165, 1.54) is 19.3 Å². The number of phosphoric ester groups is 1. The molecule has 15 heteroatoms. The minimum atomic E-state index is -5.16. The van der Waals surface area contributed by atoms with Crippen LogP contribution in [0.3, 0.4) is 0 Å². The molecule has 374 valence electrons. The molecule has 0 amide bonds. The monoisotopic (exact) mass is 949 g/mol. The largest absolute Gasteiger partial charge is 0.472 e. The number of unbranched alkanes of at least 4 members (excludes halogenated alkanes) is 7. The van der Waals surface area contributed by atoms with E-state index in [2.05, 4.69) is 98.9 Å². The van der Waals surface area contributed by atoms with E-state index in [-0.39, 0.29) is 18.9 Å². The van der Waals surface area contributed by atoms with Gasteiger partial charge in [-0.25, -0.2) is 4.57 Å². The van der Waals surface area contributed by atoms with E-state index in [1.54, 1.807) is 0 Å². The van der Waals surface area contributed by atoms with Gasteiger partial charge in [-0.15, -0.1) is 0 Å². The summed E-state index contributed by atoms with van der Waals surface area (Å²) in [5, 5.41) is 50.2. The van der Waals surface area contributed by atoms with Gasteiger partial charge in [0.15, 0.2) is 6.10 Å². The number of phosphoric acid groups is 1. The van der Waals surface area contributed by atoms with Gasteiger partial charge >= 0.3 is 19.8 Å². The van der Waals surface area contributed by atoms with Gasteiger partial charge in [-0.3, -0.25) is 18.6 Å². The SMILES string of the molecule is CC/C=C\C/C=C\C/C=C\C/C=C\C/C=C\CCCCCC(=O)OC[C@H](COP(=O)(O)OC1[C@H](O)[C@H](O)C(O)[C@H](O)[C@H]1O)OC(=O)CCC/C=C\C/C=C\CC1OC1C/C=C\CCCCC. The van der Waals surface area contributed by atoms with Crippen LogP contribution in [0, 0.1) is 0 Å². The predicted octanol–water partition coefficient (Wildman–Crippen LogP) is 8.82. The summed E-state index contributed by atoms with van der Waals surface area (Å²) in [6.45, 7) is 3.06. The Hall–Kier alpha value is -3.27. The van der Waals surface area contributed by atoms with Crippen molar-refractivity contribution in [1.29, 1.82) is 0 Å². The fourth-order valence-corrected chi connectivity index (χ4v) is 7.79. The van der Waals surface area contributed by atoms with Crippen LogP contribution in [-0.4, -0.2) is 111 Å². The molecule has 1 saturated heterocycles. The van der Waals surface area contributed by atoms with E-state index in [0.717, 1.165) is 77.0 Å². The number of aliphatic hydroxyl groups excluding tert-OH is 5. The molecule has 1 aliphatic carbocycles. The van der Waals surface area contributed by atoms with Crippen molar-refractivity contribution in [3.05, 3.63) is 97.2 Å². The van der Waals surface area contributed by atoms with Crippen LogP contribution in [0.2, 0.25) is 0 Å². The Morgan fingerprint density at radius 1 is 0.545 bits per heavy atom. The first-order valence-corrected chi connectivity index (χ1v) is 25.7. The third-order valence-corrected chi connectivity index (χ3v) is 11.8. The molecular weight excluding hydrogens is 868 g/mol. The lowest BCUT2D eigenvalue weighted by atomic mass is 9.85. The van der Waals surface area contributed by atoms with Gasteiger partial charge in [-0.1, -0.05) is 130 Å². The smallest absolute Gasteiger partial charge is 0.462 e. The van der Waals surface area contributed by atoms with Crippen LogP contribution in [0.1, 0.15) is 142 Å². The lowest BCUT2D eigenvalue weighted by Crippen LogP contribution is -2.64. The molecule has 66 heavy (non-hydrogen) atoms. The molecule has 2 rings (SSSR count). The van der Waals surface area contributed by atoms with E-state index >= 15 is 0 Å². The fourth-order valence-electron chi connectivity index (χ4n) is 6.82. The van der Waals surface area contributed by atoms with Gasteiger partial charge in [0, 0.05) is 12.8 Å². The highest BCUT2D eigenvalue weighted by atomic mass is 31.2. The first-order chi connectivity index (χ1) is 31.9. The number of carbonyl (C=O) groups is 2. The van der Waals surface area contributed by atoms with E-state index in [9.17, 15) is 44.6 Å². The highest BCUT2D eigenvalue weighted by Crippen LogP contribution is 2.47. The van der Waals surface area contributed by atoms with Crippen molar-refractivity contribution < 1.29 is 67.8 Å². The standard InChI is InChI=1S/C51H81O14P/c1-3-5-7-9-11-12-13-14-15-16-17-18-19-20-21-22-25-29-33-37-44(52)61-39-41(40-62-66(59,60)65-51-49(57)47(55)46(54)48(56)50(51)58)63-45(53)38-34-30-26-23-24-28-32-36-43-42(64-43)35-31-27-10-8-6-4-2/h5,7,11-12,14-15,17-18,20-21,23,26-28,31-32,41-43,46-51,54-58H,3-4,6,8-10,13,16,19,22,24-25,29-30,33-40H2,1-2H3,(H,59,60)/b7-5-,12-11-,15-14-,18-17-,21-20-,26-23-,31-27-,32-28-/t41-,42?,43?,46?,47-,48+,49-,50-,51?/m1/s1. The molecule has 0 aromatic heterocycles. The van der Waals surface area contributed by atoms with E-state index in [4.69, 9.17) is 23.3 Å². The molecule has 0 radical (unpaired) electrons. The molecule has 1 heterocycles. The summed E-state index contributed by atoms with van der Waals surface area (Å²) in [5.74, 6) is -1.22. The maximum absolute atomic E-state index is 12.8. The molecule has 5 unspecified atom stereocenters. The Morgan fingerprint density at radius 2 is 1.00 bits per heavy atom. The summed E-state index contributed by atoms with van der Waals surface area (Å²) >= 11 is 0. The molecule has 10 atom stereocenters. The number of epoxide rings is 1. The van der Waals surface area contributed by atoms with Crippen molar-refractivity contribution >= 4 is 19.8 Å². The maximum Gasteiger partial charge on any atom is 0.472 e. The molecule has 0 spiro atoms. The van der Waals surface area contributed by atoms with Crippen LogP contribution >= 0.6 is 7.82 Å². The summed E-state index contributed by atoms with van der Waals surface area (Å²) < 4.78 is 39.2. The highest BCUT2D eigenvalue weighted by Gasteiger charge is 2.51. The number of hydrogen-bond donors (Lipinski definition) is 6. The van der Waals surface area contributed by atoms with E-state index in [0.29, 0.717) is 25.4 Å². The van der Waals surface area contributed by atoms with Crippen LogP contribution in [0.5, 0.6) is 0 Å². The highest BCUT2D eigenvalue weighted by molar-refractivity contribution is 7.47. The second-order valence-electron chi connectivity index (χ2n) is 16.6. The third-order valence-electron chi connectivity index (χ3n) is 10.8. The number of rotatable bonds is 37. The molecule has 0 bridgehead atoms. The zero-order chi connectivity index (χ0) is 48.3. The molecular formula is C51H81O14P. The average Bonchev–Trinajstić information content (AvgIpc) is 4.06. The van der Waals surface area contributed by atoms with Crippen LogP contribution in [-0.2, 0) is 37.4 Å². The van der Waals surface area contributed by atoms with Crippen molar-refractivity contribution in [1.82, 2.24) is 0 Å². The van der Waals surface area contributed by atoms with Crippen LogP contribution in [0.4, 0.5) is 0 Å². The first kappa shape index (κ1) is 58.9. The quantitative estimate of drug-likeness (QED) is 0.0113. The summed E-state index contributed by atoms with van der Waals surface area (Å²) in [5.41, 5.74) is 0. The third kappa shape index (κ3) is 28.2. The number of carbonyl (C=O) groups excluding carboxylic acids is 2. The van der Waals surface area contributed by atoms with Crippen LogP contribution < -0.4 is 0 Å². The molecule has 0 aromatic carbocycles. The maximum atomic E-state index is 12.8. The van der Waals surface area contributed by atoms with Gasteiger partial charge in [0.05, 0.1) is 18.8 Å². The molecule has 14 nitrogen and oxygen atoms in total. The Labute approximate surface area is 394 Å². The number of hydrogen-bond acceptors (Lipinski definition) is 13. The van der Waals surface area contributed by atoms with Crippen molar-refractivity contribution in [2.24, 2.45) is 0 Å². The van der Waals surface area contributed by atoms with Gasteiger partial charge in [0.1, 0.15) is 43.2 Å². The van der Waals surface area contributed by atoms with Gasteiger partial charge in [-0.2, -0.15) is 0 Å². The summed E-state index contributed by atoms with van der Waals surface area (Å²) in [6.07, 6.45) is 37.7. The van der Waals surface area contributed by atoms with Crippen LogP contribution in [0.25, 0.3) is 0 Å². The van der Waals surface area contributed by atoms with Gasteiger partial charge in [-0.05, 0) is 96.3 Å². The molecule has 0 aromatic rings. The lowest BCUT2D eigenvalue weighted by Gasteiger charge is -2.41. The summed E-state index contributed by atoms with van der Waals surface area (Å²) in [4.78, 5) is 35.8. The number of esters is 2. The first-order valence-electron chi connectivity index (χ1n) is 24.2. The zero-order valence-corrected chi connectivity index (χ0v) is 40.3. The summed E-state index contributed by atoms with van der Waals surface area (Å²) in [7, 11) is -5.16. The molecule has 2 aliphatic rings. The average molecular weight is 949 g/mol. The molecule has 1 aliphatic heterocycles. The molecule has 1 saturated carbocycles. The Morgan fingerprint density at radius 3 is 1.56 bits per heavy atom. The van der Waals surface area contributed by atoms with E-state index < -0.39 is 75.7 Å². The fraction of sp³-hybridized carbons (Fsp3) is 0.647. The van der Waals surface area contributed by atoms with Crippen molar-refractivity contribution in [2.45, 2.75) is 197 Å². The number of ether oxygens (including phenoxy) is 3. The second-order valence-corrected chi connectivity index (χ2v) is 18.0. The Bertz CT molecular complexity index is 1590. The minimum Gasteiger partial charge on any atom is -0.462 e. The van der Waals surface area contributed by atoms with Crippen molar-refractivity contribution in [2.75, 3.05) is 13.2 Å². The van der Waals surface area contributed by atoms with Gasteiger partial charge < -0.3 is 44.6 Å². The zero-order valence-electron chi connectivity index (χ0n) is 39.4. The molecule has 6 N–H and O–H groups in total. The number of allylic oxidation sites excluding steroid dienone is 14. The minimum absolute atomic E-state index is 0.00181. The number of aliphatic hydroxyl groups is 5. The van der Waals surface area contributed by atoms with Gasteiger partial charge in [0.2, 0.25) is 0 Å².